The van der Waals surface area contributed by atoms with Gasteiger partial charge < -0.3 is 4.90 Å². The second-order valence-corrected chi connectivity index (χ2v) is 5.22. The summed E-state index contributed by atoms with van der Waals surface area (Å²) in [5, 5.41) is 0. The van der Waals surface area contributed by atoms with Crippen LogP contribution in [0.5, 0.6) is 0 Å². The molecule has 0 bridgehead atoms. The van der Waals surface area contributed by atoms with Gasteiger partial charge in [0.2, 0.25) is 0 Å². The monoisotopic (exact) mass is 309 g/mol. The van der Waals surface area contributed by atoms with E-state index in [0.717, 1.165) is 17.7 Å². The number of hydrogen-bond donors (Lipinski definition) is 1. The van der Waals surface area contributed by atoms with Gasteiger partial charge >= 0.3 is 6.18 Å². The Morgan fingerprint density at radius 2 is 1.71 bits per heavy atom. The molecule has 0 radical (unpaired) electrons. The highest BCUT2D eigenvalue weighted by Crippen LogP contribution is 2.34. The maximum atomic E-state index is 12.6. The minimum Gasteiger partial charge on any atom is -0.304 e. The maximum Gasteiger partial charge on any atom is 0.416 e. The van der Waals surface area contributed by atoms with E-state index in [2.05, 4.69) is 12.6 Å². The summed E-state index contributed by atoms with van der Waals surface area (Å²) >= 11 is 4.31. The number of anilines is 1. The van der Waals surface area contributed by atoms with Crippen molar-refractivity contribution < 1.29 is 18.0 Å². The van der Waals surface area contributed by atoms with E-state index < -0.39 is 11.7 Å². The highest BCUT2D eigenvalue weighted by molar-refractivity contribution is 7.80. The van der Waals surface area contributed by atoms with Crippen molar-refractivity contribution in [3.8, 4) is 0 Å². The van der Waals surface area contributed by atoms with E-state index in [0.29, 0.717) is 22.7 Å². The summed E-state index contributed by atoms with van der Waals surface area (Å²) in [7, 11) is 0. The van der Waals surface area contributed by atoms with Gasteiger partial charge in [-0.1, -0.05) is 6.07 Å². The molecule has 2 nitrogen and oxygen atoms in total. The summed E-state index contributed by atoms with van der Waals surface area (Å²) < 4.78 is 37.7. The van der Waals surface area contributed by atoms with Crippen LogP contribution in [0, 0.1) is 0 Å². The van der Waals surface area contributed by atoms with Crippen LogP contribution in [0.15, 0.2) is 47.4 Å². The summed E-state index contributed by atoms with van der Waals surface area (Å²) in [6.07, 6.45) is -4.38. The van der Waals surface area contributed by atoms with Gasteiger partial charge in [0.25, 0.3) is 5.91 Å². The Morgan fingerprint density at radius 3 is 2.29 bits per heavy atom. The van der Waals surface area contributed by atoms with Gasteiger partial charge in [-0.2, -0.15) is 13.2 Å². The number of amides is 1. The fourth-order valence-electron chi connectivity index (χ4n) is 2.36. The summed E-state index contributed by atoms with van der Waals surface area (Å²) in [6, 6.07) is 9.79. The van der Waals surface area contributed by atoms with Crippen molar-refractivity contribution in [2.24, 2.45) is 0 Å². The molecule has 2 aromatic rings. The number of halogens is 3. The van der Waals surface area contributed by atoms with Gasteiger partial charge in [-0.05, 0) is 42.0 Å². The lowest BCUT2D eigenvalue weighted by Gasteiger charge is -2.16. The zero-order valence-electron chi connectivity index (χ0n) is 10.7. The van der Waals surface area contributed by atoms with Gasteiger partial charge in [-0.3, -0.25) is 4.79 Å². The highest BCUT2D eigenvalue weighted by Gasteiger charge is 2.32. The largest absolute Gasteiger partial charge is 0.416 e. The molecule has 0 spiro atoms. The first-order chi connectivity index (χ1) is 9.88. The molecule has 6 heteroatoms. The predicted molar refractivity (Wildman–Crippen MR) is 75.7 cm³/mol. The van der Waals surface area contributed by atoms with Crippen molar-refractivity contribution in [2.75, 3.05) is 4.90 Å². The zero-order valence-corrected chi connectivity index (χ0v) is 11.6. The first-order valence-corrected chi connectivity index (χ1v) is 6.62. The van der Waals surface area contributed by atoms with Gasteiger partial charge in [0.15, 0.2) is 0 Å². The van der Waals surface area contributed by atoms with Crippen molar-refractivity contribution >= 4 is 24.2 Å². The molecule has 1 amide bonds. The molecule has 108 valence electrons. The van der Waals surface area contributed by atoms with Crippen LogP contribution in [0.1, 0.15) is 21.5 Å². The Labute approximate surface area is 124 Å². The van der Waals surface area contributed by atoms with Crippen molar-refractivity contribution in [3.63, 3.8) is 0 Å². The lowest BCUT2D eigenvalue weighted by molar-refractivity contribution is -0.137. The number of thiol groups is 1. The third kappa shape index (κ3) is 2.40. The molecule has 1 aliphatic rings. The first kappa shape index (κ1) is 14.0. The molecule has 2 aromatic carbocycles. The number of nitrogens with zero attached hydrogens (tertiary/aromatic N) is 1. The molecule has 0 N–H and O–H groups in total. The van der Waals surface area contributed by atoms with E-state index in [9.17, 15) is 18.0 Å². The van der Waals surface area contributed by atoms with Crippen molar-refractivity contribution in [1.82, 2.24) is 0 Å². The zero-order chi connectivity index (χ0) is 15.2. The third-order valence-corrected chi connectivity index (χ3v) is 3.87. The molecule has 0 unspecified atom stereocenters. The SMILES string of the molecule is O=C1c2cccc(S)c2CN1c1ccc(C(F)(F)F)cc1. The van der Waals surface area contributed by atoms with E-state index in [1.807, 2.05) is 0 Å². The van der Waals surface area contributed by atoms with E-state index in [1.165, 1.54) is 17.0 Å². The van der Waals surface area contributed by atoms with E-state index in [4.69, 9.17) is 0 Å². The van der Waals surface area contributed by atoms with E-state index in [-0.39, 0.29) is 5.91 Å². The number of carbonyl (C=O) groups is 1. The number of rotatable bonds is 1. The van der Waals surface area contributed by atoms with E-state index in [1.54, 1.807) is 18.2 Å². The summed E-state index contributed by atoms with van der Waals surface area (Å²) in [5.74, 6) is -0.222. The van der Waals surface area contributed by atoms with Crippen LogP contribution in [0.4, 0.5) is 18.9 Å². The molecule has 0 aliphatic carbocycles. The molecule has 0 aromatic heterocycles. The number of hydrogen-bond acceptors (Lipinski definition) is 2. The average molecular weight is 309 g/mol. The molecule has 21 heavy (non-hydrogen) atoms. The number of carbonyl (C=O) groups excluding carboxylic acids is 1. The Kier molecular flexibility index (Phi) is 3.20. The Balaban J connectivity index is 1.94. The van der Waals surface area contributed by atoms with Crippen LogP contribution in [-0.4, -0.2) is 5.91 Å². The highest BCUT2D eigenvalue weighted by atomic mass is 32.1. The van der Waals surface area contributed by atoms with Crippen LogP contribution >= 0.6 is 12.6 Å². The average Bonchev–Trinajstić information content (AvgIpc) is 2.77. The molecular formula is C15H10F3NOS. The molecular weight excluding hydrogens is 299 g/mol. The Hall–Kier alpha value is -1.95. The summed E-state index contributed by atoms with van der Waals surface area (Å²) in [4.78, 5) is 14.5. The van der Waals surface area contributed by atoms with Gasteiger partial charge in [-0.15, -0.1) is 12.6 Å². The van der Waals surface area contributed by atoms with Crippen LogP contribution in [0.3, 0.4) is 0 Å². The van der Waals surface area contributed by atoms with Crippen LogP contribution in [0.2, 0.25) is 0 Å². The van der Waals surface area contributed by atoms with Crippen LogP contribution in [-0.2, 0) is 12.7 Å². The molecule has 0 atom stereocenters. The third-order valence-electron chi connectivity index (χ3n) is 3.45. The van der Waals surface area contributed by atoms with Crippen molar-refractivity contribution in [1.29, 1.82) is 0 Å². The standard InChI is InChI=1S/C15H10F3NOS/c16-15(17,18)9-4-6-10(7-5-9)19-8-12-11(14(19)20)2-1-3-13(12)21/h1-7,21H,8H2. The molecule has 0 fully saturated rings. The van der Waals surface area contributed by atoms with Crippen molar-refractivity contribution in [3.05, 3.63) is 59.2 Å². The lowest BCUT2D eigenvalue weighted by Crippen LogP contribution is -2.23. The second-order valence-electron chi connectivity index (χ2n) is 4.74. The fraction of sp³-hybridized carbons (Fsp3) is 0.133. The number of benzene rings is 2. The Morgan fingerprint density at radius 1 is 1.05 bits per heavy atom. The van der Waals surface area contributed by atoms with Gasteiger partial charge in [0, 0.05) is 16.1 Å². The molecule has 0 saturated carbocycles. The van der Waals surface area contributed by atoms with Gasteiger partial charge in [0.1, 0.15) is 0 Å². The normalized spacial score (nSPS) is 14.5. The summed E-state index contributed by atoms with van der Waals surface area (Å²) in [6.45, 7) is 0.319. The summed E-state index contributed by atoms with van der Waals surface area (Å²) in [5.41, 5.74) is 1.05. The minimum absolute atomic E-state index is 0.222. The van der Waals surface area contributed by atoms with Gasteiger partial charge in [-0.25, -0.2) is 0 Å². The van der Waals surface area contributed by atoms with Gasteiger partial charge in [0.05, 0.1) is 12.1 Å². The number of alkyl halides is 3. The fourth-order valence-corrected chi connectivity index (χ4v) is 2.63. The number of fused-ring (bicyclic) bond motifs is 1. The topological polar surface area (TPSA) is 20.3 Å². The quantitative estimate of drug-likeness (QED) is 0.785. The predicted octanol–water partition coefficient (Wildman–Crippen LogP) is 4.15. The van der Waals surface area contributed by atoms with E-state index >= 15 is 0 Å². The van der Waals surface area contributed by atoms with Crippen LogP contribution < -0.4 is 4.90 Å². The second kappa shape index (κ2) is 4.80. The smallest absolute Gasteiger partial charge is 0.304 e. The van der Waals surface area contributed by atoms with Crippen LogP contribution in [0.25, 0.3) is 0 Å². The molecule has 0 saturated heterocycles. The minimum atomic E-state index is -4.38. The first-order valence-electron chi connectivity index (χ1n) is 6.18. The Bertz CT molecular complexity index is 710. The molecule has 1 aliphatic heterocycles. The van der Waals surface area contributed by atoms with Crippen molar-refractivity contribution in [2.45, 2.75) is 17.6 Å². The molecule has 3 rings (SSSR count). The lowest BCUT2D eigenvalue weighted by atomic mass is 10.1. The molecule has 1 heterocycles. The maximum absolute atomic E-state index is 12.6.